The fourth-order valence-corrected chi connectivity index (χ4v) is 2.59. The monoisotopic (exact) mass is 325 g/mol. The van der Waals surface area contributed by atoms with Crippen LogP contribution in [0, 0.1) is 10.1 Å². The van der Waals surface area contributed by atoms with Crippen molar-refractivity contribution in [3.8, 4) is 11.1 Å². The number of hydrogen-bond donors (Lipinski definition) is 0. The van der Waals surface area contributed by atoms with E-state index in [1.165, 1.54) is 12.1 Å². The maximum absolute atomic E-state index is 10.7. The third-order valence-corrected chi connectivity index (χ3v) is 4.85. The number of nitrogens with zero attached hydrogens (tertiary/aromatic N) is 1. The Kier molecular flexibility index (Phi) is 3.97. The summed E-state index contributed by atoms with van der Waals surface area (Å²) < 4.78 is 12.1. The first-order valence-corrected chi connectivity index (χ1v) is 7.90. The van der Waals surface area contributed by atoms with Gasteiger partial charge < -0.3 is 9.31 Å². The number of rotatable bonds is 3. The van der Waals surface area contributed by atoms with Gasteiger partial charge in [-0.25, -0.2) is 0 Å². The van der Waals surface area contributed by atoms with Crippen LogP contribution in [-0.2, 0) is 9.31 Å². The van der Waals surface area contributed by atoms with Crippen molar-refractivity contribution in [2.75, 3.05) is 0 Å². The average Bonchev–Trinajstić information content (AvgIpc) is 2.76. The molecule has 0 atom stereocenters. The van der Waals surface area contributed by atoms with Crippen molar-refractivity contribution in [3.63, 3.8) is 0 Å². The van der Waals surface area contributed by atoms with Gasteiger partial charge in [-0.15, -0.1) is 0 Å². The van der Waals surface area contributed by atoms with Crippen LogP contribution in [0.25, 0.3) is 11.1 Å². The summed E-state index contributed by atoms with van der Waals surface area (Å²) in [7, 11) is -0.388. The summed E-state index contributed by atoms with van der Waals surface area (Å²) in [6.07, 6.45) is 0. The minimum absolute atomic E-state index is 0.0904. The molecular formula is C18H20BNO4. The van der Waals surface area contributed by atoms with Gasteiger partial charge in [0.05, 0.1) is 16.1 Å². The Labute approximate surface area is 141 Å². The van der Waals surface area contributed by atoms with E-state index >= 15 is 0 Å². The minimum Gasteiger partial charge on any atom is -0.399 e. The molecule has 0 saturated carbocycles. The van der Waals surface area contributed by atoms with E-state index in [1.54, 1.807) is 12.1 Å². The lowest BCUT2D eigenvalue weighted by molar-refractivity contribution is -0.384. The minimum atomic E-state index is -0.398. The predicted octanol–water partition coefficient (Wildman–Crippen LogP) is 3.56. The van der Waals surface area contributed by atoms with Gasteiger partial charge in [-0.3, -0.25) is 10.1 Å². The van der Waals surface area contributed by atoms with E-state index in [2.05, 4.69) is 0 Å². The molecule has 0 aliphatic carbocycles. The van der Waals surface area contributed by atoms with Crippen LogP contribution in [0.5, 0.6) is 0 Å². The molecule has 0 amide bonds. The lowest BCUT2D eigenvalue weighted by atomic mass is 9.78. The quantitative estimate of drug-likeness (QED) is 0.492. The fourth-order valence-electron chi connectivity index (χ4n) is 2.59. The van der Waals surface area contributed by atoms with Crippen LogP contribution in [-0.4, -0.2) is 23.2 Å². The molecule has 5 nitrogen and oxygen atoms in total. The van der Waals surface area contributed by atoms with E-state index in [9.17, 15) is 10.1 Å². The van der Waals surface area contributed by atoms with Crippen LogP contribution in [0.4, 0.5) is 5.69 Å². The molecule has 0 aromatic heterocycles. The standard InChI is InChI=1S/C18H20BNO4/c1-17(2)18(3,4)24-19(23-17)15-9-5-13(6-10-15)14-7-11-16(12-8-14)20(21)22/h5-12H,1-4H3. The summed E-state index contributed by atoms with van der Waals surface area (Å²) in [6, 6.07) is 14.4. The molecule has 0 radical (unpaired) electrons. The average molecular weight is 325 g/mol. The molecule has 2 aromatic carbocycles. The number of nitro benzene ring substituents is 1. The highest BCUT2D eigenvalue weighted by Gasteiger charge is 2.51. The van der Waals surface area contributed by atoms with Crippen molar-refractivity contribution >= 4 is 18.3 Å². The van der Waals surface area contributed by atoms with E-state index in [0.29, 0.717) is 0 Å². The van der Waals surface area contributed by atoms with Crippen LogP contribution in [0.1, 0.15) is 27.7 Å². The Morgan fingerprint density at radius 2 is 1.25 bits per heavy atom. The summed E-state index contributed by atoms with van der Waals surface area (Å²) in [6.45, 7) is 8.10. The van der Waals surface area contributed by atoms with Crippen molar-refractivity contribution in [1.29, 1.82) is 0 Å². The zero-order valence-electron chi connectivity index (χ0n) is 14.3. The van der Waals surface area contributed by atoms with Crippen molar-refractivity contribution < 1.29 is 14.2 Å². The Bertz CT molecular complexity index is 738. The number of non-ortho nitro benzene ring substituents is 1. The molecule has 1 aliphatic heterocycles. The maximum Gasteiger partial charge on any atom is 0.494 e. The first-order valence-electron chi connectivity index (χ1n) is 7.90. The van der Waals surface area contributed by atoms with Gasteiger partial charge in [0.1, 0.15) is 0 Å². The largest absolute Gasteiger partial charge is 0.494 e. The number of benzene rings is 2. The molecule has 1 saturated heterocycles. The molecule has 1 aliphatic rings. The second kappa shape index (κ2) is 5.72. The molecule has 0 unspecified atom stereocenters. The molecule has 3 rings (SSSR count). The summed E-state index contributed by atoms with van der Waals surface area (Å²) in [5.41, 5.74) is 2.24. The lowest BCUT2D eigenvalue weighted by Crippen LogP contribution is -2.41. The molecule has 1 heterocycles. The third kappa shape index (κ3) is 2.95. The van der Waals surface area contributed by atoms with Gasteiger partial charge in [-0.1, -0.05) is 24.3 Å². The normalized spacial score (nSPS) is 18.6. The van der Waals surface area contributed by atoms with Gasteiger partial charge in [0.25, 0.3) is 5.69 Å². The molecule has 0 spiro atoms. The molecule has 0 bridgehead atoms. The van der Waals surface area contributed by atoms with Crippen LogP contribution >= 0.6 is 0 Å². The zero-order chi connectivity index (χ0) is 17.5. The van der Waals surface area contributed by atoms with Crippen molar-refractivity contribution in [2.24, 2.45) is 0 Å². The molecule has 24 heavy (non-hydrogen) atoms. The van der Waals surface area contributed by atoms with Gasteiger partial charge in [0.2, 0.25) is 0 Å². The van der Waals surface area contributed by atoms with Crippen LogP contribution in [0.2, 0.25) is 0 Å². The molecule has 6 heteroatoms. The lowest BCUT2D eigenvalue weighted by Gasteiger charge is -2.32. The van der Waals surface area contributed by atoms with Gasteiger partial charge >= 0.3 is 7.12 Å². The van der Waals surface area contributed by atoms with Crippen molar-refractivity contribution in [3.05, 3.63) is 58.6 Å². The topological polar surface area (TPSA) is 61.6 Å². The Hall–Kier alpha value is -2.18. The number of hydrogen-bond acceptors (Lipinski definition) is 4. The van der Waals surface area contributed by atoms with Crippen LogP contribution in [0.3, 0.4) is 0 Å². The summed E-state index contributed by atoms with van der Waals surface area (Å²) in [5, 5.41) is 10.7. The molecule has 2 aromatic rings. The van der Waals surface area contributed by atoms with E-state index in [-0.39, 0.29) is 24.0 Å². The van der Waals surface area contributed by atoms with Crippen LogP contribution in [0.15, 0.2) is 48.5 Å². The van der Waals surface area contributed by atoms with E-state index in [4.69, 9.17) is 9.31 Å². The van der Waals surface area contributed by atoms with E-state index in [1.807, 2.05) is 52.0 Å². The summed E-state index contributed by atoms with van der Waals surface area (Å²) in [4.78, 5) is 10.3. The first-order chi connectivity index (χ1) is 11.2. The Morgan fingerprint density at radius 1 is 0.833 bits per heavy atom. The highest BCUT2D eigenvalue weighted by atomic mass is 16.7. The molecule has 1 fully saturated rings. The predicted molar refractivity (Wildman–Crippen MR) is 94.2 cm³/mol. The highest BCUT2D eigenvalue weighted by Crippen LogP contribution is 2.36. The summed E-state index contributed by atoms with van der Waals surface area (Å²) in [5.74, 6) is 0. The van der Waals surface area contributed by atoms with Gasteiger partial charge in [0, 0.05) is 12.1 Å². The second-order valence-electron chi connectivity index (χ2n) is 7.01. The smallest absolute Gasteiger partial charge is 0.399 e. The van der Waals surface area contributed by atoms with Gasteiger partial charge in [-0.05, 0) is 56.4 Å². The Morgan fingerprint density at radius 3 is 1.67 bits per heavy atom. The van der Waals surface area contributed by atoms with E-state index < -0.39 is 4.92 Å². The SMILES string of the molecule is CC1(C)OB(c2ccc(-c3ccc([N+](=O)[O-])cc3)cc2)OC1(C)C. The second-order valence-corrected chi connectivity index (χ2v) is 7.01. The third-order valence-electron chi connectivity index (χ3n) is 4.85. The summed E-state index contributed by atoms with van der Waals surface area (Å²) >= 11 is 0. The van der Waals surface area contributed by atoms with Gasteiger partial charge in [-0.2, -0.15) is 0 Å². The van der Waals surface area contributed by atoms with Gasteiger partial charge in [0.15, 0.2) is 0 Å². The van der Waals surface area contributed by atoms with Crippen LogP contribution < -0.4 is 5.46 Å². The van der Waals surface area contributed by atoms with Crippen molar-refractivity contribution in [2.45, 2.75) is 38.9 Å². The molecule has 0 N–H and O–H groups in total. The zero-order valence-corrected chi connectivity index (χ0v) is 14.3. The van der Waals surface area contributed by atoms with E-state index in [0.717, 1.165) is 16.6 Å². The Balaban J connectivity index is 1.80. The number of nitro groups is 1. The maximum atomic E-state index is 10.7. The van der Waals surface area contributed by atoms with Crippen molar-refractivity contribution in [1.82, 2.24) is 0 Å². The molecule has 124 valence electrons. The fraction of sp³-hybridized carbons (Fsp3) is 0.333. The highest BCUT2D eigenvalue weighted by molar-refractivity contribution is 6.62. The molecular weight excluding hydrogens is 305 g/mol. The first kappa shape index (κ1) is 16.7.